The molecule has 0 fully saturated rings. The quantitative estimate of drug-likeness (QED) is 0.279. The van der Waals surface area contributed by atoms with E-state index in [1.54, 1.807) is 42.5 Å². The zero-order valence-corrected chi connectivity index (χ0v) is 20.0. The molecule has 1 amide bonds. The molecule has 3 rings (SSSR count). The van der Waals surface area contributed by atoms with E-state index in [4.69, 9.17) is 21.1 Å². The molecule has 0 heterocycles. The molecular weight excluding hydrogens is 478 g/mol. The molecule has 7 nitrogen and oxygen atoms in total. The van der Waals surface area contributed by atoms with Gasteiger partial charge < -0.3 is 14.8 Å². The smallest absolute Gasteiger partial charge is 0.339 e. The number of amides is 1. The normalized spacial score (nSPS) is 11.6. The van der Waals surface area contributed by atoms with Crippen molar-refractivity contribution in [1.29, 1.82) is 0 Å². The third-order valence-electron chi connectivity index (χ3n) is 4.72. The Morgan fingerprint density at radius 2 is 1.68 bits per heavy atom. The highest BCUT2D eigenvalue weighted by Crippen LogP contribution is 2.27. The van der Waals surface area contributed by atoms with Crippen LogP contribution in [0.2, 0.25) is 5.02 Å². The number of nitrogens with one attached hydrogen (secondary N) is 1. The summed E-state index contributed by atoms with van der Waals surface area (Å²) in [7, 11) is -1.96. The number of esters is 1. The number of carbonyl (C=O) groups is 2. The Morgan fingerprint density at radius 3 is 2.35 bits per heavy atom. The number of anilines is 1. The average molecular weight is 500 g/mol. The van der Waals surface area contributed by atoms with E-state index in [9.17, 15) is 18.0 Å². The minimum absolute atomic E-state index is 0.00435. The van der Waals surface area contributed by atoms with E-state index in [1.807, 2.05) is 18.2 Å². The highest BCUT2D eigenvalue weighted by atomic mass is 35.5. The van der Waals surface area contributed by atoms with Crippen LogP contribution in [-0.4, -0.2) is 40.3 Å². The minimum atomic E-state index is -3.49. The zero-order chi connectivity index (χ0) is 24.7. The van der Waals surface area contributed by atoms with E-state index in [0.717, 1.165) is 6.26 Å². The first-order valence-corrected chi connectivity index (χ1v) is 12.3. The van der Waals surface area contributed by atoms with Crippen molar-refractivity contribution in [2.45, 2.75) is 4.90 Å². The van der Waals surface area contributed by atoms with Crippen LogP contribution in [-0.2, 0) is 24.2 Å². The molecule has 0 bridgehead atoms. The van der Waals surface area contributed by atoms with Gasteiger partial charge in [-0.1, -0.05) is 60.1 Å². The maximum Gasteiger partial charge on any atom is 0.339 e. The van der Waals surface area contributed by atoms with Crippen LogP contribution in [0.5, 0.6) is 5.75 Å². The van der Waals surface area contributed by atoms with Gasteiger partial charge in [-0.3, -0.25) is 4.79 Å². The second-order valence-electron chi connectivity index (χ2n) is 7.20. The Labute approximate surface area is 202 Å². The molecule has 0 saturated carbocycles. The lowest BCUT2D eigenvalue weighted by molar-refractivity contribution is -0.141. The number of halogens is 1. The van der Waals surface area contributed by atoms with Gasteiger partial charge in [0, 0.05) is 11.8 Å². The predicted molar refractivity (Wildman–Crippen MR) is 131 cm³/mol. The van der Waals surface area contributed by atoms with Crippen molar-refractivity contribution in [2.24, 2.45) is 0 Å². The molecular formula is C25H22ClNO6S. The third kappa shape index (κ3) is 6.46. The van der Waals surface area contributed by atoms with Crippen LogP contribution in [0.3, 0.4) is 0 Å². The van der Waals surface area contributed by atoms with Crippen LogP contribution in [0, 0.1) is 0 Å². The standard InChI is InChI=1S/C25H22ClNO6S/c1-32-23-11-7-6-10-18(23)14-20(17-8-4-3-5-9-17)25(29)33-16-24(28)27-22-15-19(34(2,30)31)12-13-21(22)26/h3-15H,16H2,1-2H3,(H,27,28)/b20-14+. The molecule has 0 unspecified atom stereocenters. The summed E-state index contributed by atoms with van der Waals surface area (Å²) in [5.41, 5.74) is 1.59. The van der Waals surface area contributed by atoms with Crippen LogP contribution in [0.1, 0.15) is 11.1 Å². The Balaban J connectivity index is 1.79. The molecule has 9 heteroatoms. The van der Waals surface area contributed by atoms with Crippen LogP contribution < -0.4 is 10.1 Å². The van der Waals surface area contributed by atoms with Gasteiger partial charge >= 0.3 is 5.97 Å². The number of carbonyl (C=O) groups excluding carboxylic acids is 2. The van der Waals surface area contributed by atoms with E-state index in [1.165, 1.54) is 25.3 Å². The topological polar surface area (TPSA) is 98.8 Å². The van der Waals surface area contributed by atoms with Gasteiger partial charge in [0.1, 0.15) is 5.75 Å². The van der Waals surface area contributed by atoms with Crippen molar-refractivity contribution in [3.05, 3.63) is 88.9 Å². The van der Waals surface area contributed by atoms with E-state index < -0.39 is 28.3 Å². The average Bonchev–Trinajstić information content (AvgIpc) is 2.82. The summed E-state index contributed by atoms with van der Waals surface area (Å²) in [6.07, 6.45) is 2.67. The third-order valence-corrected chi connectivity index (χ3v) is 6.16. The molecule has 3 aromatic rings. The molecule has 0 spiro atoms. The van der Waals surface area contributed by atoms with Gasteiger partial charge in [0.2, 0.25) is 0 Å². The molecule has 0 aromatic heterocycles. The Kier molecular flexibility index (Phi) is 8.09. The summed E-state index contributed by atoms with van der Waals surface area (Å²) in [5, 5.41) is 2.62. The fraction of sp³-hybridized carbons (Fsp3) is 0.120. The van der Waals surface area contributed by atoms with Crippen molar-refractivity contribution < 1.29 is 27.5 Å². The summed E-state index contributed by atoms with van der Waals surface area (Å²) in [6.45, 7) is -0.603. The van der Waals surface area contributed by atoms with Crippen molar-refractivity contribution in [1.82, 2.24) is 0 Å². The van der Waals surface area contributed by atoms with Gasteiger partial charge in [-0.2, -0.15) is 0 Å². The second kappa shape index (κ2) is 11.0. The lowest BCUT2D eigenvalue weighted by atomic mass is 10.0. The molecule has 34 heavy (non-hydrogen) atoms. The van der Waals surface area contributed by atoms with Gasteiger partial charge in [-0.05, 0) is 35.9 Å². The van der Waals surface area contributed by atoms with E-state index >= 15 is 0 Å². The number of rotatable bonds is 8. The summed E-state index contributed by atoms with van der Waals surface area (Å²) in [4.78, 5) is 25.3. The first kappa shape index (κ1) is 25.0. The van der Waals surface area contributed by atoms with Crippen molar-refractivity contribution in [2.75, 3.05) is 25.3 Å². The Bertz CT molecular complexity index is 1340. The van der Waals surface area contributed by atoms with Crippen molar-refractivity contribution in [3.8, 4) is 5.75 Å². The highest BCUT2D eigenvalue weighted by Gasteiger charge is 2.18. The largest absolute Gasteiger partial charge is 0.496 e. The molecule has 176 valence electrons. The van der Waals surface area contributed by atoms with Crippen LogP contribution >= 0.6 is 11.6 Å². The van der Waals surface area contributed by atoms with Gasteiger partial charge in [-0.15, -0.1) is 0 Å². The van der Waals surface area contributed by atoms with E-state index in [2.05, 4.69) is 5.32 Å². The molecule has 0 aliphatic heterocycles. The Morgan fingerprint density at radius 1 is 1.00 bits per heavy atom. The highest BCUT2D eigenvalue weighted by molar-refractivity contribution is 7.90. The molecule has 0 aliphatic rings. The SMILES string of the molecule is COc1ccccc1/C=C(/C(=O)OCC(=O)Nc1cc(S(C)(=O)=O)ccc1Cl)c1ccccc1. The van der Waals surface area contributed by atoms with Gasteiger partial charge in [0.15, 0.2) is 16.4 Å². The van der Waals surface area contributed by atoms with Gasteiger partial charge in [-0.25, -0.2) is 13.2 Å². The minimum Gasteiger partial charge on any atom is -0.496 e. The van der Waals surface area contributed by atoms with Gasteiger partial charge in [0.05, 0.1) is 28.3 Å². The van der Waals surface area contributed by atoms with E-state index in [0.29, 0.717) is 16.9 Å². The van der Waals surface area contributed by atoms with Crippen LogP contribution in [0.15, 0.2) is 77.7 Å². The van der Waals surface area contributed by atoms with Crippen molar-refractivity contribution in [3.63, 3.8) is 0 Å². The second-order valence-corrected chi connectivity index (χ2v) is 9.63. The molecule has 3 aromatic carbocycles. The number of para-hydroxylation sites is 1. The molecule has 0 saturated heterocycles. The summed E-state index contributed by atoms with van der Waals surface area (Å²) in [5.74, 6) is -0.823. The molecule has 0 radical (unpaired) electrons. The van der Waals surface area contributed by atoms with Gasteiger partial charge in [0.25, 0.3) is 5.91 Å². The summed E-state index contributed by atoms with van der Waals surface area (Å²) >= 11 is 6.06. The first-order valence-electron chi connectivity index (χ1n) is 10.1. The Hall–Kier alpha value is -3.62. The first-order chi connectivity index (χ1) is 16.2. The molecule has 0 aliphatic carbocycles. The lowest BCUT2D eigenvalue weighted by Gasteiger charge is -2.12. The van der Waals surface area contributed by atoms with Crippen LogP contribution in [0.25, 0.3) is 11.6 Å². The van der Waals surface area contributed by atoms with Crippen LogP contribution in [0.4, 0.5) is 5.69 Å². The maximum absolute atomic E-state index is 12.9. The number of methoxy groups -OCH3 is 1. The number of benzene rings is 3. The fourth-order valence-corrected chi connectivity index (χ4v) is 3.86. The predicted octanol–water partition coefficient (Wildman–Crippen LogP) is 4.47. The molecule has 1 N–H and O–H groups in total. The molecule has 0 atom stereocenters. The number of sulfone groups is 1. The number of hydrogen-bond acceptors (Lipinski definition) is 6. The van der Waals surface area contributed by atoms with Crippen molar-refractivity contribution >= 4 is 50.7 Å². The monoisotopic (exact) mass is 499 g/mol. The zero-order valence-electron chi connectivity index (χ0n) is 18.4. The lowest BCUT2D eigenvalue weighted by Crippen LogP contribution is -2.21. The summed E-state index contributed by atoms with van der Waals surface area (Å²) in [6, 6.07) is 20.0. The summed E-state index contributed by atoms with van der Waals surface area (Å²) < 4.78 is 34.1. The number of ether oxygens (including phenoxy) is 2. The number of hydrogen-bond donors (Lipinski definition) is 1. The van der Waals surface area contributed by atoms with E-state index in [-0.39, 0.29) is 21.2 Å². The fourth-order valence-electron chi connectivity index (χ4n) is 3.04. The maximum atomic E-state index is 12.9.